The maximum atomic E-state index is 5.71. The lowest BCUT2D eigenvalue weighted by molar-refractivity contribution is 0.220. The molecule has 1 aromatic heterocycles. The molecule has 1 aliphatic rings. The van der Waals surface area contributed by atoms with E-state index < -0.39 is 0 Å². The molecule has 0 radical (unpaired) electrons. The molecule has 1 N–H and O–H groups in total. The molecule has 17 heavy (non-hydrogen) atoms. The number of rotatable bonds is 3. The van der Waals surface area contributed by atoms with Gasteiger partial charge in [0.15, 0.2) is 0 Å². The molecule has 94 valence electrons. The third-order valence-electron chi connectivity index (χ3n) is 3.53. The number of nitrogens with one attached hydrogen (secondary N) is 1. The number of ether oxygens (including phenoxy) is 1. The average molecular weight is 235 g/mol. The van der Waals surface area contributed by atoms with Gasteiger partial charge in [-0.15, -0.1) is 0 Å². The maximum Gasteiger partial charge on any atom is 0.106 e. The van der Waals surface area contributed by atoms with Crippen LogP contribution in [-0.2, 0) is 4.74 Å². The van der Waals surface area contributed by atoms with E-state index in [-0.39, 0.29) is 6.04 Å². The summed E-state index contributed by atoms with van der Waals surface area (Å²) in [5.74, 6) is 2.01. The molecule has 0 saturated heterocycles. The van der Waals surface area contributed by atoms with Crippen LogP contribution in [0.15, 0.2) is 16.3 Å². The number of hydrogen-bond acceptors (Lipinski definition) is 3. The van der Waals surface area contributed by atoms with Gasteiger partial charge in [0.05, 0.1) is 18.9 Å². The van der Waals surface area contributed by atoms with Gasteiger partial charge in [0, 0.05) is 5.56 Å². The van der Waals surface area contributed by atoms with E-state index >= 15 is 0 Å². The Kier molecular flexibility index (Phi) is 3.57. The van der Waals surface area contributed by atoms with E-state index in [1.165, 1.54) is 16.7 Å². The zero-order valence-electron chi connectivity index (χ0n) is 11.1. The van der Waals surface area contributed by atoms with E-state index in [1.807, 2.05) is 27.2 Å². The van der Waals surface area contributed by atoms with Crippen molar-refractivity contribution >= 4 is 0 Å². The van der Waals surface area contributed by atoms with Gasteiger partial charge >= 0.3 is 0 Å². The molecule has 2 rings (SSSR count). The molecule has 3 heteroatoms. The van der Waals surface area contributed by atoms with Gasteiger partial charge < -0.3 is 14.5 Å². The Morgan fingerprint density at radius 2 is 2.00 bits per heavy atom. The van der Waals surface area contributed by atoms with E-state index in [1.54, 1.807) is 0 Å². The maximum absolute atomic E-state index is 5.71. The van der Waals surface area contributed by atoms with E-state index in [9.17, 15) is 0 Å². The molecule has 1 aliphatic heterocycles. The fraction of sp³-hybridized carbons (Fsp3) is 0.571. The van der Waals surface area contributed by atoms with Crippen molar-refractivity contribution in [1.82, 2.24) is 5.32 Å². The molecular weight excluding hydrogens is 214 g/mol. The molecule has 0 aliphatic carbocycles. The number of aryl methyl sites for hydroxylation is 2. The van der Waals surface area contributed by atoms with E-state index in [2.05, 4.69) is 12.2 Å². The van der Waals surface area contributed by atoms with Crippen LogP contribution in [-0.4, -0.2) is 13.7 Å². The third kappa shape index (κ3) is 2.25. The lowest BCUT2D eigenvalue weighted by Crippen LogP contribution is -2.21. The summed E-state index contributed by atoms with van der Waals surface area (Å²) in [6, 6.07) is 0.216. The van der Waals surface area contributed by atoms with Crippen molar-refractivity contribution in [2.75, 3.05) is 13.7 Å². The molecule has 1 aromatic rings. The van der Waals surface area contributed by atoms with Gasteiger partial charge in [-0.25, -0.2) is 0 Å². The minimum Gasteiger partial charge on any atom is -0.501 e. The number of likely N-dealkylation sites (N-methyl/N-ethyl adjacent to an activating group) is 1. The van der Waals surface area contributed by atoms with E-state index in [0.29, 0.717) is 0 Å². The van der Waals surface area contributed by atoms with Crippen LogP contribution in [0.2, 0.25) is 0 Å². The van der Waals surface area contributed by atoms with Crippen molar-refractivity contribution in [2.24, 2.45) is 0 Å². The summed E-state index contributed by atoms with van der Waals surface area (Å²) in [5.41, 5.74) is 3.82. The first-order valence-electron chi connectivity index (χ1n) is 6.19. The lowest BCUT2D eigenvalue weighted by Gasteiger charge is -2.23. The van der Waals surface area contributed by atoms with Gasteiger partial charge in [-0.05, 0) is 51.8 Å². The van der Waals surface area contributed by atoms with Crippen LogP contribution in [0.1, 0.15) is 41.5 Å². The van der Waals surface area contributed by atoms with Crippen molar-refractivity contribution < 1.29 is 9.15 Å². The summed E-state index contributed by atoms with van der Waals surface area (Å²) in [6.07, 6.45) is 4.10. The zero-order chi connectivity index (χ0) is 12.4. The third-order valence-corrected chi connectivity index (χ3v) is 3.53. The highest BCUT2D eigenvalue weighted by Crippen LogP contribution is 2.34. The van der Waals surface area contributed by atoms with E-state index in [0.717, 1.165) is 31.0 Å². The number of furan rings is 1. The smallest absolute Gasteiger partial charge is 0.106 e. The summed E-state index contributed by atoms with van der Waals surface area (Å²) in [5, 5.41) is 3.37. The highest BCUT2D eigenvalue weighted by molar-refractivity contribution is 5.39. The van der Waals surface area contributed by atoms with Gasteiger partial charge in [-0.2, -0.15) is 0 Å². The monoisotopic (exact) mass is 235 g/mol. The van der Waals surface area contributed by atoms with Crippen molar-refractivity contribution in [1.29, 1.82) is 0 Å². The SMILES string of the molecule is CNC(C1=COCCC1)c1c(C)oc(C)c1C. The van der Waals surface area contributed by atoms with Gasteiger partial charge in [0.1, 0.15) is 11.5 Å². The molecule has 2 heterocycles. The first-order chi connectivity index (χ1) is 8.15. The summed E-state index contributed by atoms with van der Waals surface area (Å²) >= 11 is 0. The second-order valence-corrected chi connectivity index (χ2v) is 4.64. The molecule has 0 bridgehead atoms. The van der Waals surface area contributed by atoms with Crippen LogP contribution in [0.3, 0.4) is 0 Å². The van der Waals surface area contributed by atoms with Gasteiger partial charge in [0.2, 0.25) is 0 Å². The predicted octanol–water partition coefficient (Wildman–Crippen LogP) is 3.16. The summed E-state index contributed by atoms with van der Waals surface area (Å²) in [7, 11) is 1.99. The highest BCUT2D eigenvalue weighted by atomic mass is 16.5. The van der Waals surface area contributed by atoms with Gasteiger partial charge in [-0.3, -0.25) is 0 Å². The zero-order valence-corrected chi connectivity index (χ0v) is 11.1. The molecule has 0 spiro atoms. The second kappa shape index (κ2) is 4.96. The minimum atomic E-state index is 0.216. The van der Waals surface area contributed by atoms with Crippen LogP contribution in [0.4, 0.5) is 0 Å². The van der Waals surface area contributed by atoms with Crippen molar-refractivity contribution in [3.8, 4) is 0 Å². The van der Waals surface area contributed by atoms with Crippen LogP contribution in [0.5, 0.6) is 0 Å². The summed E-state index contributed by atoms with van der Waals surface area (Å²) in [6.45, 7) is 7.01. The molecular formula is C14H21NO2. The van der Waals surface area contributed by atoms with Crippen molar-refractivity contribution in [3.05, 3.63) is 34.5 Å². The van der Waals surface area contributed by atoms with Crippen molar-refractivity contribution in [3.63, 3.8) is 0 Å². The topological polar surface area (TPSA) is 34.4 Å². The molecule has 0 saturated carbocycles. The molecule has 0 amide bonds. The van der Waals surface area contributed by atoms with Crippen LogP contribution < -0.4 is 5.32 Å². The summed E-state index contributed by atoms with van der Waals surface area (Å²) in [4.78, 5) is 0. The molecule has 0 aromatic carbocycles. The van der Waals surface area contributed by atoms with Crippen LogP contribution in [0.25, 0.3) is 0 Å². The van der Waals surface area contributed by atoms with E-state index in [4.69, 9.17) is 9.15 Å². The van der Waals surface area contributed by atoms with Crippen molar-refractivity contribution in [2.45, 2.75) is 39.7 Å². The fourth-order valence-electron chi connectivity index (χ4n) is 2.55. The highest BCUT2D eigenvalue weighted by Gasteiger charge is 2.24. The van der Waals surface area contributed by atoms with Crippen LogP contribution >= 0.6 is 0 Å². The molecule has 0 fully saturated rings. The Hall–Kier alpha value is -1.22. The quantitative estimate of drug-likeness (QED) is 0.874. The molecule has 3 nitrogen and oxygen atoms in total. The lowest BCUT2D eigenvalue weighted by atomic mass is 9.93. The predicted molar refractivity (Wildman–Crippen MR) is 68.0 cm³/mol. The van der Waals surface area contributed by atoms with Gasteiger partial charge in [-0.1, -0.05) is 0 Å². The Bertz CT molecular complexity index is 432. The Morgan fingerprint density at radius 3 is 2.47 bits per heavy atom. The Balaban J connectivity index is 2.37. The first kappa shape index (κ1) is 12.2. The fourth-order valence-corrected chi connectivity index (χ4v) is 2.55. The van der Waals surface area contributed by atoms with Crippen LogP contribution in [0, 0.1) is 20.8 Å². The molecule has 1 atom stereocenters. The largest absolute Gasteiger partial charge is 0.501 e. The minimum absolute atomic E-state index is 0.216. The first-order valence-corrected chi connectivity index (χ1v) is 6.19. The summed E-state index contributed by atoms with van der Waals surface area (Å²) < 4.78 is 11.2. The van der Waals surface area contributed by atoms with Gasteiger partial charge in [0.25, 0.3) is 0 Å². The molecule has 1 unspecified atom stereocenters. The second-order valence-electron chi connectivity index (χ2n) is 4.64. The normalized spacial score (nSPS) is 17.5. The standard InChI is InChI=1S/C14H21NO2/c1-9-10(2)17-11(3)13(9)14(15-4)12-6-5-7-16-8-12/h8,14-15H,5-7H2,1-4H3. The Morgan fingerprint density at radius 1 is 1.24 bits per heavy atom. The average Bonchev–Trinajstić information content (AvgIpc) is 2.58. The Labute approximate surface area is 103 Å². The number of hydrogen-bond donors (Lipinski definition) is 1.